The summed E-state index contributed by atoms with van der Waals surface area (Å²) in [6.07, 6.45) is 5.26. The van der Waals surface area contributed by atoms with Gasteiger partial charge in [-0.1, -0.05) is 18.8 Å². The number of carbonyl (C=O) groups is 1. The highest BCUT2D eigenvalue weighted by Gasteiger charge is 2.38. The lowest BCUT2D eigenvalue weighted by Crippen LogP contribution is -2.50. The molecular formula is C27H33N3O5S. The number of aliphatic hydroxyl groups is 1. The third-order valence-electron chi connectivity index (χ3n) is 6.65. The molecule has 8 nitrogen and oxygen atoms in total. The number of rotatable bonds is 6. The molecule has 9 heteroatoms. The molecule has 36 heavy (non-hydrogen) atoms. The molecule has 0 radical (unpaired) electrons. The van der Waals surface area contributed by atoms with E-state index in [1.54, 1.807) is 55.5 Å². The molecule has 3 atom stereocenters. The molecule has 1 aliphatic carbocycles. The number of pyridine rings is 1. The Morgan fingerprint density at radius 1 is 1.28 bits per heavy atom. The lowest BCUT2D eigenvalue weighted by atomic mass is 10.0. The molecule has 0 saturated heterocycles. The van der Waals surface area contributed by atoms with Crippen molar-refractivity contribution in [2.45, 2.75) is 50.2 Å². The van der Waals surface area contributed by atoms with Crippen LogP contribution in [0.1, 0.15) is 37.8 Å². The molecule has 1 amide bonds. The van der Waals surface area contributed by atoms with E-state index in [-0.39, 0.29) is 48.6 Å². The third kappa shape index (κ3) is 6.06. The van der Waals surface area contributed by atoms with Gasteiger partial charge in [-0.3, -0.25) is 9.78 Å². The fourth-order valence-corrected chi connectivity index (χ4v) is 5.94. The Labute approximate surface area is 213 Å². The van der Waals surface area contributed by atoms with Gasteiger partial charge in [-0.15, -0.1) is 0 Å². The number of hydrogen-bond donors (Lipinski definition) is 1. The first kappa shape index (κ1) is 26.1. The predicted octanol–water partition coefficient (Wildman–Crippen LogP) is 2.31. The number of hydrogen-bond acceptors (Lipinski definition) is 6. The number of aliphatic hydroxyl groups excluding tert-OH is 1. The van der Waals surface area contributed by atoms with E-state index in [0.29, 0.717) is 11.5 Å². The topological polar surface area (TPSA) is 100 Å². The average molecular weight is 512 g/mol. The first-order valence-corrected chi connectivity index (χ1v) is 13.7. The van der Waals surface area contributed by atoms with Crippen LogP contribution in [0.5, 0.6) is 5.75 Å². The van der Waals surface area contributed by atoms with E-state index in [2.05, 4.69) is 16.8 Å². The van der Waals surface area contributed by atoms with Crippen molar-refractivity contribution in [2.75, 3.05) is 26.7 Å². The van der Waals surface area contributed by atoms with Crippen LogP contribution in [0.25, 0.3) is 0 Å². The van der Waals surface area contributed by atoms with Gasteiger partial charge in [0.2, 0.25) is 15.9 Å². The van der Waals surface area contributed by atoms with Crippen molar-refractivity contribution < 1.29 is 23.1 Å². The van der Waals surface area contributed by atoms with E-state index in [1.165, 1.54) is 10.4 Å². The van der Waals surface area contributed by atoms with Gasteiger partial charge in [0.25, 0.3) is 0 Å². The standard InChI is InChI=1S/C27H33N3O5S/c1-19-16-30(20(2)18-31)36(33,34)26-9-8-22(7-6-21-4-5-21)14-24(26)35-25(19)17-29(3)27(32)15-23-10-12-28-13-11-23/h8-14,19-21,25,31H,4-5,15-18H2,1-3H3/t19-,20+,25-/m0/s1. The third-order valence-corrected chi connectivity index (χ3v) is 8.67. The van der Waals surface area contributed by atoms with Gasteiger partial charge in [0.1, 0.15) is 16.7 Å². The SMILES string of the molecule is C[C@H](CO)N1C[C@H](C)[C@H](CN(C)C(=O)Cc2ccncc2)Oc2cc(C#CC3CC3)ccc2S1(=O)=O. The smallest absolute Gasteiger partial charge is 0.247 e. The van der Waals surface area contributed by atoms with Gasteiger partial charge in [-0.05, 0) is 55.7 Å². The summed E-state index contributed by atoms with van der Waals surface area (Å²) in [5, 5.41) is 9.80. The van der Waals surface area contributed by atoms with Gasteiger partial charge in [0.05, 0.1) is 19.6 Å². The number of aromatic nitrogens is 1. The summed E-state index contributed by atoms with van der Waals surface area (Å²) >= 11 is 0. The maximum Gasteiger partial charge on any atom is 0.247 e. The molecule has 192 valence electrons. The zero-order chi connectivity index (χ0) is 25.9. The Bertz CT molecular complexity index is 1250. The van der Waals surface area contributed by atoms with E-state index in [4.69, 9.17) is 4.74 Å². The Hall–Kier alpha value is -2.93. The second-order valence-electron chi connectivity index (χ2n) is 9.75. The first-order chi connectivity index (χ1) is 17.2. The van der Waals surface area contributed by atoms with Gasteiger partial charge >= 0.3 is 0 Å². The number of nitrogens with zero attached hydrogens (tertiary/aromatic N) is 3. The molecule has 0 bridgehead atoms. The summed E-state index contributed by atoms with van der Waals surface area (Å²) in [5.74, 6) is 6.63. The van der Waals surface area contributed by atoms with Crippen molar-refractivity contribution in [1.82, 2.24) is 14.2 Å². The second-order valence-corrected chi connectivity index (χ2v) is 11.6. The fraction of sp³-hybridized carbons (Fsp3) is 0.481. The molecule has 2 aliphatic rings. The summed E-state index contributed by atoms with van der Waals surface area (Å²) in [6.45, 7) is 3.72. The number of amides is 1. The van der Waals surface area contributed by atoms with Crippen LogP contribution >= 0.6 is 0 Å². The van der Waals surface area contributed by atoms with Crippen LogP contribution in [0.15, 0.2) is 47.6 Å². The number of benzene rings is 1. The molecule has 1 saturated carbocycles. The highest BCUT2D eigenvalue weighted by molar-refractivity contribution is 7.89. The monoisotopic (exact) mass is 511 g/mol. The minimum absolute atomic E-state index is 0.0439. The molecule has 2 heterocycles. The van der Waals surface area contributed by atoms with Crippen LogP contribution in [0, 0.1) is 23.7 Å². The molecular weight excluding hydrogens is 478 g/mol. The lowest BCUT2D eigenvalue weighted by Gasteiger charge is -2.37. The summed E-state index contributed by atoms with van der Waals surface area (Å²) in [5.41, 5.74) is 1.55. The Morgan fingerprint density at radius 3 is 2.67 bits per heavy atom. The summed E-state index contributed by atoms with van der Waals surface area (Å²) in [7, 11) is -2.19. The average Bonchev–Trinajstić information content (AvgIpc) is 3.69. The molecule has 1 N–H and O–H groups in total. The van der Waals surface area contributed by atoms with Gasteiger partial charge in [0.15, 0.2) is 0 Å². The summed E-state index contributed by atoms with van der Waals surface area (Å²) < 4.78 is 34.8. The highest BCUT2D eigenvalue weighted by atomic mass is 32.2. The van der Waals surface area contributed by atoms with Crippen molar-refractivity contribution in [3.05, 3.63) is 53.9 Å². The molecule has 1 fully saturated rings. The van der Waals surface area contributed by atoms with E-state index < -0.39 is 22.2 Å². The van der Waals surface area contributed by atoms with Crippen molar-refractivity contribution in [3.63, 3.8) is 0 Å². The minimum Gasteiger partial charge on any atom is -0.487 e. The predicted molar refractivity (Wildman–Crippen MR) is 136 cm³/mol. The quantitative estimate of drug-likeness (QED) is 0.598. The van der Waals surface area contributed by atoms with Gasteiger partial charge in [-0.2, -0.15) is 4.31 Å². The van der Waals surface area contributed by atoms with Crippen LogP contribution in [-0.4, -0.2) is 72.5 Å². The van der Waals surface area contributed by atoms with E-state index in [0.717, 1.165) is 18.4 Å². The summed E-state index contributed by atoms with van der Waals surface area (Å²) in [4.78, 5) is 18.6. The molecule has 0 spiro atoms. The van der Waals surface area contributed by atoms with E-state index >= 15 is 0 Å². The summed E-state index contributed by atoms with van der Waals surface area (Å²) in [6, 6.07) is 7.91. The van der Waals surface area contributed by atoms with Crippen molar-refractivity contribution in [3.8, 4) is 17.6 Å². The Kier molecular flexibility index (Phi) is 7.98. The van der Waals surface area contributed by atoms with E-state index in [1.807, 2.05) is 6.92 Å². The minimum atomic E-state index is -3.92. The van der Waals surface area contributed by atoms with Crippen molar-refractivity contribution in [1.29, 1.82) is 0 Å². The zero-order valence-electron chi connectivity index (χ0n) is 20.9. The lowest BCUT2D eigenvalue weighted by molar-refractivity contribution is -0.130. The molecule has 1 aromatic carbocycles. The first-order valence-electron chi connectivity index (χ1n) is 12.3. The number of ether oxygens (including phenoxy) is 1. The number of sulfonamides is 1. The van der Waals surface area contributed by atoms with Crippen molar-refractivity contribution in [2.24, 2.45) is 11.8 Å². The second kappa shape index (κ2) is 11.0. The Balaban J connectivity index is 1.64. The number of fused-ring (bicyclic) bond motifs is 1. The normalized spacial score (nSPS) is 22.1. The fourth-order valence-electron chi connectivity index (χ4n) is 4.12. The number of carbonyl (C=O) groups excluding carboxylic acids is 1. The van der Waals surface area contributed by atoms with E-state index in [9.17, 15) is 18.3 Å². The number of likely N-dealkylation sites (N-methyl/N-ethyl adjacent to an activating group) is 1. The zero-order valence-corrected chi connectivity index (χ0v) is 21.7. The van der Waals surface area contributed by atoms with Crippen LogP contribution in [0.4, 0.5) is 0 Å². The molecule has 0 unspecified atom stereocenters. The Morgan fingerprint density at radius 2 is 2.00 bits per heavy atom. The van der Waals surface area contributed by atoms with Crippen molar-refractivity contribution >= 4 is 15.9 Å². The van der Waals surface area contributed by atoms with Gasteiger partial charge in [0, 0.05) is 49.4 Å². The maximum atomic E-state index is 13.6. The highest BCUT2D eigenvalue weighted by Crippen LogP contribution is 2.34. The molecule has 1 aliphatic heterocycles. The van der Waals surface area contributed by atoms with Gasteiger partial charge in [-0.25, -0.2) is 8.42 Å². The molecule has 2 aromatic rings. The van der Waals surface area contributed by atoms with Gasteiger partial charge < -0.3 is 14.7 Å². The van der Waals surface area contributed by atoms with Crippen LogP contribution in [0.3, 0.4) is 0 Å². The van der Waals surface area contributed by atoms with Crippen LogP contribution in [-0.2, 0) is 21.2 Å². The maximum absolute atomic E-state index is 13.6. The van der Waals surface area contributed by atoms with Crippen LogP contribution in [0.2, 0.25) is 0 Å². The van der Waals surface area contributed by atoms with Crippen LogP contribution < -0.4 is 4.74 Å². The molecule has 1 aromatic heterocycles. The largest absolute Gasteiger partial charge is 0.487 e. The molecule has 4 rings (SSSR count).